The largest absolute Gasteiger partial charge is 0.479 e. The minimum absolute atomic E-state index is 0.00168. The van der Waals surface area contributed by atoms with Crippen molar-refractivity contribution in [2.45, 2.75) is 44.6 Å². The van der Waals surface area contributed by atoms with Crippen molar-refractivity contribution < 1.29 is 39.5 Å². The molecule has 2 aliphatic rings. The Morgan fingerprint density at radius 3 is 2.21 bits per heavy atom. The Balaban J connectivity index is 2.08. The third-order valence-electron chi connectivity index (χ3n) is 4.52. The van der Waals surface area contributed by atoms with E-state index in [9.17, 15) is 24.9 Å². The van der Waals surface area contributed by atoms with Gasteiger partial charge in [0.1, 0.15) is 22.8 Å². The maximum atomic E-state index is 12.3. The van der Waals surface area contributed by atoms with Crippen LogP contribution in [0.5, 0.6) is 0 Å². The van der Waals surface area contributed by atoms with Crippen LogP contribution in [-0.2, 0) is 19.1 Å². The van der Waals surface area contributed by atoms with Crippen molar-refractivity contribution in [3.05, 3.63) is 10.6 Å². The van der Waals surface area contributed by atoms with Gasteiger partial charge in [-0.15, -0.1) is 0 Å². The number of hydrogen-bond donors (Lipinski definition) is 4. The predicted molar refractivity (Wildman–Crippen MR) is 81.0 cm³/mol. The molecule has 1 heterocycles. The Morgan fingerprint density at radius 1 is 1.12 bits per heavy atom. The van der Waals surface area contributed by atoms with Gasteiger partial charge in [-0.2, -0.15) is 0 Å². The van der Waals surface area contributed by atoms with Gasteiger partial charge in [0.25, 0.3) is 0 Å². The number of carbonyl (C=O) groups excluding carboxylic acids is 1. The Hall–Kier alpha value is -0.900. The van der Waals surface area contributed by atoms with Crippen molar-refractivity contribution in [2.75, 3.05) is 0 Å². The Bertz CT molecular complexity index is 559. The van der Waals surface area contributed by atoms with E-state index in [1.165, 1.54) is 6.08 Å². The molecule has 2 rings (SSSR count). The van der Waals surface area contributed by atoms with E-state index in [0.29, 0.717) is 0 Å². The lowest BCUT2D eigenvalue weighted by molar-refractivity contribution is -0.287. The summed E-state index contributed by atoms with van der Waals surface area (Å²) in [6.45, 7) is 3.57. The van der Waals surface area contributed by atoms with Gasteiger partial charge in [-0.3, -0.25) is 4.79 Å². The van der Waals surface area contributed by atoms with Gasteiger partial charge < -0.3 is 29.9 Å². The fraction of sp³-hybridized carbons (Fsp3) is 0.714. The van der Waals surface area contributed by atoms with Crippen LogP contribution in [0.4, 0.5) is 0 Å². The molecule has 0 amide bonds. The molecule has 7 atom stereocenters. The first-order valence-corrected chi connectivity index (χ1v) is 7.89. The molecule has 1 saturated heterocycles. The summed E-state index contributed by atoms with van der Waals surface area (Å²) in [6, 6.07) is 0. The van der Waals surface area contributed by atoms with E-state index in [1.54, 1.807) is 13.8 Å². The number of esters is 1. The maximum Gasteiger partial charge on any atom is 0.335 e. The number of ether oxygens (including phenoxy) is 2. The van der Waals surface area contributed by atoms with Crippen molar-refractivity contribution in [2.24, 2.45) is 17.3 Å². The zero-order valence-corrected chi connectivity index (χ0v) is 14.3. The van der Waals surface area contributed by atoms with E-state index in [-0.39, 0.29) is 10.4 Å². The molecule has 0 aromatic carbocycles. The number of hydrogen-bond acceptors (Lipinski definition) is 7. The van der Waals surface area contributed by atoms with Gasteiger partial charge in [0.05, 0.1) is 5.92 Å². The van der Waals surface area contributed by atoms with Gasteiger partial charge in [-0.05, 0) is 17.4 Å². The number of allylic oxidation sites excluding steroid dienone is 1. The lowest BCUT2D eigenvalue weighted by Crippen LogP contribution is -2.60. The van der Waals surface area contributed by atoms with Gasteiger partial charge in [0, 0.05) is 0 Å². The second kappa shape index (κ2) is 6.78. The van der Waals surface area contributed by atoms with Crippen molar-refractivity contribution in [1.29, 1.82) is 0 Å². The topological polar surface area (TPSA) is 134 Å². The van der Waals surface area contributed by atoms with E-state index in [2.05, 4.69) is 0 Å². The molecule has 10 heteroatoms. The first kappa shape index (κ1) is 19.4. The van der Waals surface area contributed by atoms with Crippen LogP contribution in [0.1, 0.15) is 13.8 Å². The number of aliphatic carboxylic acids is 1. The van der Waals surface area contributed by atoms with Crippen molar-refractivity contribution in [1.82, 2.24) is 0 Å². The van der Waals surface area contributed by atoms with Crippen LogP contribution in [-0.4, -0.2) is 63.1 Å². The lowest BCUT2D eigenvalue weighted by atomic mass is 9.99. The fourth-order valence-corrected chi connectivity index (χ4v) is 3.18. The average molecular weight is 385 g/mol. The summed E-state index contributed by atoms with van der Waals surface area (Å²) in [7, 11) is 0. The maximum absolute atomic E-state index is 12.3. The Kier molecular flexibility index (Phi) is 5.49. The van der Waals surface area contributed by atoms with Crippen LogP contribution < -0.4 is 0 Å². The standard InChI is InChI=1S/C14H18Cl2O8/c1-14(2)4(3-5(15)16)6(14)12(22)24-13-9(19)7(17)8(18)10(23-13)11(20)21/h3-4,6-10,13,17-19H,1-2H3,(H,20,21)/t4-,6-,7-,8-,9+,10-,13+/m0/s1. The van der Waals surface area contributed by atoms with E-state index >= 15 is 0 Å². The molecule has 0 bridgehead atoms. The summed E-state index contributed by atoms with van der Waals surface area (Å²) >= 11 is 11.2. The fourth-order valence-electron chi connectivity index (χ4n) is 2.91. The molecule has 2 fully saturated rings. The third kappa shape index (κ3) is 3.54. The molecule has 0 aromatic rings. The highest BCUT2D eigenvalue weighted by Crippen LogP contribution is 2.60. The molecule has 1 saturated carbocycles. The van der Waals surface area contributed by atoms with E-state index < -0.39 is 54.0 Å². The molecule has 1 aliphatic heterocycles. The molecule has 1 aliphatic carbocycles. The van der Waals surface area contributed by atoms with Crippen molar-refractivity contribution in [3.63, 3.8) is 0 Å². The van der Waals surface area contributed by atoms with Crippen LogP contribution in [0, 0.1) is 17.3 Å². The minimum Gasteiger partial charge on any atom is -0.479 e. The van der Waals surface area contributed by atoms with Gasteiger partial charge in [-0.1, -0.05) is 37.0 Å². The monoisotopic (exact) mass is 384 g/mol. The highest BCUT2D eigenvalue weighted by molar-refractivity contribution is 6.55. The van der Waals surface area contributed by atoms with Crippen LogP contribution in [0.25, 0.3) is 0 Å². The van der Waals surface area contributed by atoms with Crippen LogP contribution >= 0.6 is 23.2 Å². The van der Waals surface area contributed by atoms with Gasteiger partial charge in [-0.25, -0.2) is 4.79 Å². The zero-order valence-electron chi connectivity index (χ0n) is 12.8. The normalized spacial score (nSPS) is 40.5. The number of carboxylic acids is 1. The van der Waals surface area contributed by atoms with E-state index in [0.717, 1.165) is 0 Å². The SMILES string of the molecule is CC1(C)[C@H](C(=O)O[C@H]2O[C@H](C(=O)O)[C@@H](O)[C@H](O)[C@H]2O)[C@@H]1C=C(Cl)Cl. The number of halogens is 2. The summed E-state index contributed by atoms with van der Waals surface area (Å²) in [5.74, 6) is -3.22. The molecular weight excluding hydrogens is 367 g/mol. The van der Waals surface area contributed by atoms with E-state index in [4.69, 9.17) is 37.8 Å². The Morgan fingerprint density at radius 2 is 1.71 bits per heavy atom. The number of aliphatic hydroxyl groups excluding tert-OH is 3. The molecule has 0 spiro atoms. The second-order valence-electron chi connectivity index (χ2n) is 6.45. The number of carbonyl (C=O) groups is 2. The number of carboxylic acid groups (broad SMARTS) is 1. The summed E-state index contributed by atoms with van der Waals surface area (Å²) < 4.78 is 9.92. The van der Waals surface area contributed by atoms with Crippen molar-refractivity contribution >= 4 is 35.1 Å². The number of rotatable bonds is 4. The zero-order chi connectivity index (χ0) is 18.4. The van der Waals surface area contributed by atoms with E-state index in [1.807, 2.05) is 0 Å². The smallest absolute Gasteiger partial charge is 0.335 e. The highest BCUT2D eigenvalue weighted by Gasteiger charge is 2.62. The summed E-state index contributed by atoms with van der Waals surface area (Å²) in [4.78, 5) is 23.3. The molecule has 24 heavy (non-hydrogen) atoms. The van der Waals surface area contributed by atoms with Crippen LogP contribution in [0.15, 0.2) is 10.6 Å². The molecule has 0 unspecified atom stereocenters. The number of aliphatic hydroxyl groups is 3. The predicted octanol–water partition coefficient (Wildman–Crippen LogP) is 0.0130. The molecule has 4 N–H and O–H groups in total. The summed E-state index contributed by atoms with van der Waals surface area (Å²) in [6.07, 6.45) is -7.53. The molecule has 0 radical (unpaired) electrons. The Labute approximate surface area is 147 Å². The quantitative estimate of drug-likeness (QED) is 0.498. The first-order valence-electron chi connectivity index (χ1n) is 7.14. The van der Waals surface area contributed by atoms with Crippen molar-refractivity contribution in [3.8, 4) is 0 Å². The second-order valence-corrected chi connectivity index (χ2v) is 7.46. The molecule has 8 nitrogen and oxygen atoms in total. The van der Waals surface area contributed by atoms with Crippen LogP contribution in [0.2, 0.25) is 0 Å². The van der Waals surface area contributed by atoms with Gasteiger partial charge in [0.15, 0.2) is 6.10 Å². The van der Waals surface area contributed by atoms with Gasteiger partial charge in [0.2, 0.25) is 6.29 Å². The lowest BCUT2D eigenvalue weighted by Gasteiger charge is -2.38. The average Bonchev–Trinajstić information content (AvgIpc) is 2.99. The third-order valence-corrected chi connectivity index (χ3v) is 4.77. The first-order chi connectivity index (χ1) is 11.0. The molecule has 136 valence electrons. The van der Waals surface area contributed by atoms with Crippen LogP contribution in [0.3, 0.4) is 0 Å². The van der Waals surface area contributed by atoms with Gasteiger partial charge >= 0.3 is 11.9 Å². The summed E-state index contributed by atoms with van der Waals surface area (Å²) in [5, 5.41) is 38.1. The molecule has 0 aromatic heterocycles. The molecular formula is C14H18Cl2O8. The summed E-state index contributed by atoms with van der Waals surface area (Å²) in [5.41, 5.74) is -0.490. The highest BCUT2D eigenvalue weighted by atomic mass is 35.5. The minimum atomic E-state index is -1.85.